The maximum absolute atomic E-state index is 12.8. The SMILES string of the molecule is COc1ccc(CCNC(=O)CN2C(=O)N[C@@]3(CCCC[C@H]3C)C2=O)cc1. The number of imide groups is 1. The molecule has 2 N–H and O–H groups in total. The van der Waals surface area contributed by atoms with Crippen molar-refractivity contribution in [2.24, 2.45) is 5.92 Å². The van der Waals surface area contributed by atoms with Gasteiger partial charge in [-0.2, -0.15) is 0 Å². The molecule has 1 saturated heterocycles. The van der Waals surface area contributed by atoms with Gasteiger partial charge in [-0.3, -0.25) is 14.5 Å². The van der Waals surface area contributed by atoms with E-state index < -0.39 is 11.6 Å². The minimum Gasteiger partial charge on any atom is -0.497 e. The van der Waals surface area contributed by atoms with E-state index >= 15 is 0 Å². The number of nitrogens with one attached hydrogen (secondary N) is 2. The van der Waals surface area contributed by atoms with Gasteiger partial charge in [0, 0.05) is 6.54 Å². The van der Waals surface area contributed by atoms with Crippen LogP contribution in [-0.2, 0) is 16.0 Å². The fourth-order valence-corrected chi connectivity index (χ4v) is 3.98. The van der Waals surface area contributed by atoms with E-state index in [1.165, 1.54) is 0 Å². The summed E-state index contributed by atoms with van der Waals surface area (Å²) >= 11 is 0. The fourth-order valence-electron chi connectivity index (χ4n) is 3.98. The minimum absolute atomic E-state index is 0.0887. The number of hydrogen-bond donors (Lipinski definition) is 2. The Bertz CT molecular complexity index is 718. The molecule has 2 atom stereocenters. The van der Waals surface area contributed by atoms with Crippen LogP contribution in [0.2, 0.25) is 0 Å². The van der Waals surface area contributed by atoms with Crippen molar-refractivity contribution in [1.29, 1.82) is 0 Å². The summed E-state index contributed by atoms with van der Waals surface area (Å²) in [4.78, 5) is 38.4. The van der Waals surface area contributed by atoms with Crippen molar-refractivity contribution in [1.82, 2.24) is 15.5 Å². The molecule has 1 aromatic rings. The van der Waals surface area contributed by atoms with Crippen LogP contribution >= 0.6 is 0 Å². The van der Waals surface area contributed by atoms with Gasteiger partial charge >= 0.3 is 6.03 Å². The number of ether oxygens (including phenoxy) is 1. The molecular formula is C20H27N3O4. The Balaban J connectivity index is 1.51. The van der Waals surface area contributed by atoms with E-state index in [-0.39, 0.29) is 24.3 Å². The molecule has 3 rings (SSSR count). The second-order valence-electron chi connectivity index (χ2n) is 7.39. The summed E-state index contributed by atoms with van der Waals surface area (Å²) in [5.74, 6) is 0.288. The lowest BCUT2D eigenvalue weighted by molar-refractivity contribution is -0.137. The lowest BCUT2D eigenvalue weighted by Gasteiger charge is -2.36. The molecule has 0 bridgehead atoms. The van der Waals surface area contributed by atoms with Crippen molar-refractivity contribution in [3.05, 3.63) is 29.8 Å². The van der Waals surface area contributed by atoms with Crippen LogP contribution in [0.4, 0.5) is 4.79 Å². The van der Waals surface area contributed by atoms with E-state index in [4.69, 9.17) is 4.74 Å². The summed E-state index contributed by atoms with van der Waals surface area (Å²) in [6.07, 6.45) is 4.20. The number of nitrogens with zero attached hydrogens (tertiary/aromatic N) is 1. The van der Waals surface area contributed by atoms with Gasteiger partial charge in [0.2, 0.25) is 5.91 Å². The molecule has 1 aliphatic heterocycles. The fraction of sp³-hybridized carbons (Fsp3) is 0.550. The lowest BCUT2D eigenvalue weighted by Crippen LogP contribution is -2.54. The smallest absolute Gasteiger partial charge is 0.325 e. The summed E-state index contributed by atoms with van der Waals surface area (Å²) in [7, 11) is 1.61. The van der Waals surface area contributed by atoms with E-state index in [0.717, 1.165) is 35.5 Å². The topological polar surface area (TPSA) is 87.7 Å². The number of rotatable bonds is 6. The van der Waals surface area contributed by atoms with Gasteiger partial charge in [-0.05, 0) is 42.9 Å². The molecule has 1 aliphatic carbocycles. The van der Waals surface area contributed by atoms with Crippen molar-refractivity contribution in [3.8, 4) is 5.75 Å². The van der Waals surface area contributed by atoms with Crippen LogP contribution in [0.5, 0.6) is 5.75 Å². The maximum Gasteiger partial charge on any atom is 0.325 e. The van der Waals surface area contributed by atoms with E-state index in [9.17, 15) is 14.4 Å². The van der Waals surface area contributed by atoms with Gasteiger partial charge in [0.05, 0.1) is 7.11 Å². The zero-order chi connectivity index (χ0) is 19.4. The lowest BCUT2D eigenvalue weighted by atomic mass is 9.73. The highest BCUT2D eigenvalue weighted by Crippen LogP contribution is 2.38. The molecule has 7 heteroatoms. The highest BCUT2D eigenvalue weighted by Gasteiger charge is 2.55. The average Bonchev–Trinajstić information content (AvgIpc) is 2.90. The molecule has 1 saturated carbocycles. The third kappa shape index (κ3) is 3.91. The third-order valence-corrected chi connectivity index (χ3v) is 5.70. The van der Waals surface area contributed by atoms with Crippen molar-refractivity contribution in [2.75, 3.05) is 20.2 Å². The quantitative estimate of drug-likeness (QED) is 0.745. The first kappa shape index (κ1) is 19.2. The Morgan fingerprint density at radius 1 is 1.30 bits per heavy atom. The molecule has 4 amide bonds. The van der Waals surface area contributed by atoms with E-state index in [0.29, 0.717) is 19.4 Å². The number of hydrogen-bond acceptors (Lipinski definition) is 4. The van der Waals surface area contributed by atoms with Crippen LogP contribution in [0.25, 0.3) is 0 Å². The third-order valence-electron chi connectivity index (χ3n) is 5.70. The van der Waals surface area contributed by atoms with Crippen molar-refractivity contribution < 1.29 is 19.1 Å². The van der Waals surface area contributed by atoms with Crippen LogP contribution in [0, 0.1) is 5.92 Å². The Labute approximate surface area is 159 Å². The summed E-state index contributed by atoms with van der Waals surface area (Å²) in [5.41, 5.74) is 0.250. The average molecular weight is 373 g/mol. The number of urea groups is 1. The summed E-state index contributed by atoms with van der Waals surface area (Å²) in [6.45, 7) is 2.20. The molecule has 0 unspecified atom stereocenters. The van der Waals surface area contributed by atoms with Crippen molar-refractivity contribution in [3.63, 3.8) is 0 Å². The van der Waals surface area contributed by atoms with E-state index in [1.54, 1.807) is 7.11 Å². The Kier molecular flexibility index (Phi) is 5.68. The molecule has 2 aliphatic rings. The molecule has 1 aromatic carbocycles. The Morgan fingerprint density at radius 2 is 2.04 bits per heavy atom. The molecule has 27 heavy (non-hydrogen) atoms. The van der Waals surface area contributed by atoms with Crippen LogP contribution in [-0.4, -0.2) is 48.5 Å². The molecular weight excluding hydrogens is 346 g/mol. The maximum atomic E-state index is 12.8. The first-order valence-corrected chi connectivity index (χ1v) is 9.50. The van der Waals surface area contributed by atoms with Gasteiger partial charge in [-0.1, -0.05) is 31.9 Å². The number of carbonyl (C=O) groups is 3. The Morgan fingerprint density at radius 3 is 2.70 bits per heavy atom. The van der Waals surface area contributed by atoms with Crippen LogP contribution < -0.4 is 15.4 Å². The number of amides is 4. The predicted molar refractivity (Wildman–Crippen MR) is 100 cm³/mol. The number of methoxy groups -OCH3 is 1. The molecule has 1 heterocycles. The van der Waals surface area contributed by atoms with Crippen LogP contribution in [0.15, 0.2) is 24.3 Å². The zero-order valence-corrected chi connectivity index (χ0v) is 15.9. The van der Waals surface area contributed by atoms with E-state index in [2.05, 4.69) is 10.6 Å². The molecule has 146 valence electrons. The number of carbonyl (C=O) groups excluding carboxylic acids is 3. The molecule has 7 nitrogen and oxygen atoms in total. The standard InChI is InChI=1S/C20H27N3O4/c1-14-5-3-4-11-20(14)18(25)23(19(26)22-20)13-17(24)21-12-10-15-6-8-16(27-2)9-7-15/h6-9,14H,3-5,10-13H2,1-2H3,(H,21,24)(H,22,26)/t14-,20-/m1/s1. The molecule has 1 spiro atoms. The van der Waals surface area contributed by atoms with E-state index in [1.807, 2.05) is 31.2 Å². The van der Waals surface area contributed by atoms with Crippen LogP contribution in [0.1, 0.15) is 38.2 Å². The second-order valence-corrected chi connectivity index (χ2v) is 7.39. The molecule has 0 radical (unpaired) electrons. The van der Waals surface area contributed by atoms with Gasteiger partial charge in [0.25, 0.3) is 5.91 Å². The zero-order valence-electron chi connectivity index (χ0n) is 15.9. The molecule has 0 aromatic heterocycles. The van der Waals surface area contributed by atoms with Gasteiger partial charge in [0.1, 0.15) is 17.8 Å². The minimum atomic E-state index is -0.821. The first-order chi connectivity index (χ1) is 13.0. The highest BCUT2D eigenvalue weighted by molar-refractivity contribution is 6.09. The largest absolute Gasteiger partial charge is 0.497 e. The predicted octanol–water partition coefficient (Wildman–Crippen LogP) is 1.85. The highest BCUT2D eigenvalue weighted by atomic mass is 16.5. The van der Waals surface area contributed by atoms with Gasteiger partial charge < -0.3 is 15.4 Å². The van der Waals surface area contributed by atoms with Gasteiger partial charge in [-0.15, -0.1) is 0 Å². The molecule has 2 fully saturated rings. The Hall–Kier alpha value is -2.57. The number of benzene rings is 1. The first-order valence-electron chi connectivity index (χ1n) is 9.50. The monoisotopic (exact) mass is 373 g/mol. The van der Waals surface area contributed by atoms with Gasteiger partial charge in [-0.25, -0.2) is 4.79 Å². The van der Waals surface area contributed by atoms with Crippen LogP contribution in [0.3, 0.4) is 0 Å². The van der Waals surface area contributed by atoms with Crippen molar-refractivity contribution in [2.45, 2.75) is 44.6 Å². The normalized spacial score (nSPS) is 24.8. The summed E-state index contributed by atoms with van der Waals surface area (Å²) < 4.78 is 5.12. The second kappa shape index (κ2) is 7.98. The van der Waals surface area contributed by atoms with Crippen molar-refractivity contribution >= 4 is 17.8 Å². The summed E-state index contributed by atoms with van der Waals surface area (Å²) in [5, 5.41) is 5.65. The van der Waals surface area contributed by atoms with Gasteiger partial charge in [0.15, 0.2) is 0 Å². The summed E-state index contributed by atoms with van der Waals surface area (Å²) in [6, 6.07) is 7.16.